The molecule has 3 aliphatic rings. The van der Waals surface area contributed by atoms with Crippen molar-refractivity contribution in [1.82, 2.24) is 30.5 Å². The van der Waals surface area contributed by atoms with Crippen LogP contribution in [0.1, 0.15) is 69.7 Å². The largest absolute Gasteiger partial charge is 0.365 e. The van der Waals surface area contributed by atoms with Crippen LogP contribution in [-0.2, 0) is 29.2 Å². The third kappa shape index (κ3) is 4.77. The fraction of sp³-hybridized carbons (Fsp3) is 0.810. The number of ether oxygens (including phenoxy) is 1. The predicted molar refractivity (Wildman–Crippen MR) is 110 cm³/mol. The molecular weight excluding hydrogens is 384 g/mol. The first-order chi connectivity index (χ1) is 14.6. The van der Waals surface area contributed by atoms with Crippen molar-refractivity contribution in [2.75, 3.05) is 19.6 Å². The van der Waals surface area contributed by atoms with Gasteiger partial charge in [0.2, 0.25) is 5.91 Å². The number of nitrogens with zero attached hydrogens (tertiary/aromatic N) is 4. The molecule has 2 fully saturated rings. The summed E-state index contributed by atoms with van der Waals surface area (Å²) in [4.78, 5) is 26.4. The fourth-order valence-electron chi connectivity index (χ4n) is 4.89. The number of carbonyl (C=O) groups excluding carboxylic acids is 2. The number of aromatic nitrogens is 3. The number of carbonyl (C=O) groups is 2. The van der Waals surface area contributed by atoms with E-state index in [0.29, 0.717) is 39.2 Å². The van der Waals surface area contributed by atoms with Gasteiger partial charge in [-0.2, -0.15) is 0 Å². The minimum atomic E-state index is -0.368. The van der Waals surface area contributed by atoms with Crippen LogP contribution in [0.3, 0.4) is 0 Å². The Morgan fingerprint density at radius 2 is 2.07 bits per heavy atom. The number of rotatable bonds is 7. The van der Waals surface area contributed by atoms with Gasteiger partial charge in [-0.25, -0.2) is 9.48 Å². The Morgan fingerprint density at radius 3 is 2.87 bits per heavy atom. The number of hydrogen-bond acceptors (Lipinski definition) is 5. The van der Waals surface area contributed by atoms with E-state index < -0.39 is 0 Å². The van der Waals surface area contributed by atoms with Gasteiger partial charge in [-0.1, -0.05) is 37.8 Å². The summed E-state index contributed by atoms with van der Waals surface area (Å²) in [5.41, 5.74) is 1.27. The van der Waals surface area contributed by atoms with Crippen LogP contribution in [0.4, 0.5) is 4.79 Å². The summed E-state index contributed by atoms with van der Waals surface area (Å²) in [6, 6.07) is -0.200. The lowest BCUT2D eigenvalue weighted by Gasteiger charge is -2.34. The zero-order chi connectivity index (χ0) is 21.0. The summed E-state index contributed by atoms with van der Waals surface area (Å²) in [5, 5.41) is 14.1. The summed E-state index contributed by atoms with van der Waals surface area (Å²) in [7, 11) is 0. The maximum absolute atomic E-state index is 12.7. The van der Waals surface area contributed by atoms with E-state index >= 15 is 0 Å². The lowest BCUT2D eigenvalue weighted by molar-refractivity contribution is -0.133. The Labute approximate surface area is 177 Å². The monoisotopic (exact) mass is 418 g/mol. The number of nitrogens with one attached hydrogen (secondary N) is 2. The molecule has 166 valence electrons. The maximum Gasteiger partial charge on any atom is 0.315 e. The smallest absolute Gasteiger partial charge is 0.315 e. The molecule has 0 aromatic carbocycles. The van der Waals surface area contributed by atoms with Crippen LogP contribution in [0.2, 0.25) is 0 Å². The predicted octanol–water partition coefficient (Wildman–Crippen LogP) is 1.96. The molecular formula is C21H34N6O3. The highest BCUT2D eigenvalue weighted by Gasteiger charge is 2.44. The molecule has 1 spiro atoms. The lowest BCUT2D eigenvalue weighted by Crippen LogP contribution is -2.45. The molecule has 3 amide bonds. The highest BCUT2D eigenvalue weighted by Crippen LogP contribution is 2.34. The summed E-state index contributed by atoms with van der Waals surface area (Å²) in [5.74, 6) is 1.000. The van der Waals surface area contributed by atoms with Gasteiger partial charge in [-0.3, -0.25) is 4.79 Å². The van der Waals surface area contributed by atoms with E-state index in [2.05, 4.69) is 20.9 Å². The van der Waals surface area contributed by atoms with E-state index in [4.69, 9.17) is 4.74 Å². The van der Waals surface area contributed by atoms with E-state index in [0.717, 1.165) is 43.1 Å². The van der Waals surface area contributed by atoms with E-state index in [9.17, 15) is 9.59 Å². The molecule has 1 saturated carbocycles. The molecule has 1 saturated heterocycles. The molecule has 3 heterocycles. The van der Waals surface area contributed by atoms with Gasteiger partial charge >= 0.3 is 6.03 Å². The normalized spacial score (nSPS) is 23.7. The molecule has 2 N–H and O–H groups in total. The van der Waals surface area contributed by atoms with Crippen molar-refractivity contribution in [3.8, 4) is 0 Å². The molecule has 9 nitrogen and oxygen atoms in total. The molecule has 30 heavy (non-hydrogen) atoms. The zero-order valence-electron chi connectivity index (χ0n) is 18.0. The van der Waals surface area contributed by atoms with Crippen molar-refractivity contribution in [2.45, 2.75) is 83.6 Å². The van der Waals surface area contributed by atoms with Crippen LogP contribution in [-0.4, -0.2) is 57.1 Å². The van der Waals surface area contributed by atoms with Crippen molar-refractivity contribution >= 4 is 11.9 Å². The Balaban J connectivity index is 1.28. The van der Waals surface area contributed by atoms with Crippen LogP contribution in [0, 0.1) is 5.92 Å². The van der Waals surface area contributed by atoms with Gasteiger partial charge in [0.25, 0.3) is 0 Å². The molecule has 1 aromatic rings. The first-order valence-corrected chi connectivity index (χ1v) is 11.4. The van der Waals surface area contributed by atoms with E-state index in [1.54, 1.807) is 0 Å². The number of urea groups is 1. The molecule has 1 aliphatic carbocycles. The minimum Gasteiger partial charge on any atom is -0.365 e. The summed E-state index contributed by atoms with van der Waals surface area (Å²) in [6.07, 6.45) is 8.62. The third-order valence-electron chi connectivity index (χ3n) is 6.73. The molecule has 2 aliphatic heterocycles. The van der Waals surface area contributed by atoms with Crippen molar-refractivity contribution in [1.29, 1.82) is 0 Å². The van der Waals surface area contributed by atoms with E-state index in [1.165, 1.54) is 25.7 Å². The number of amides is 3. The zero-order valence-corrected chi connectivity index (χ0v) is 18.0. The van der Waals surface area contributed by atoms with Crippen LogP contribution in [0.15, 0.2) is 0 Å². The third-order valence-corrected chi connectivity index (χ3v) is 6.73. The average molecular weight is 419 g/mol. The van der Waals surface area contributed by atoms with Gasteiger partial charge in [0, 0.05) is 19.5 Å². The Kier molecular flexibility index (Phi) is 6.55. The first-order valence-electron chi connectivity index (χ1n) is 11.4. The van der Waals surface area contributed by atoms with Gasteiger partial charge < -0.3 is 20.3 Å². The van der Waals surface area contributed by atoms with Crippen molar-refractivity contribution < 1.29 is 14.3 Å². The highest BCUT2D eigenvalue weighted by molar-refractivity contribution is 5.76. The van der Waals surface area contributed by atoms with Crippen molar-refractivity contribution in [2.24, 2.45) is 5.92 Å². The second-order valence-electron chi connectivity index (χ2n) is 8.98. The van der Waals surface area contributed by atoms with Crippen LogP contribution >= 0.6 is 0 Å². The average Bonchev–Trinajstić information content (AvgIpc) is 3.49. The standard InChI is InChI=1S/C21H34N6O3/c1-2-10-22-20(29)23-12-17-18-13-30-21(15-27(18)25-24-17)9-11-26(14-21)19(28)8-7-16-5-3-4-6-16/h16H,2-15H2,1H3,(H2,22,23,29). The van der Waals surface area contributed by atoms with E-state index in [1.807, 2.05) is 16.5 Å². The molecule has 0 radical (unpaired) electrons. The van der Waals surface area contributed by atoms with Crippen molar-refractivity contribution in [3.05, 3.63) is 11.4 Å². The topological polar surface area (TPSA) is 101 Å². The molecule has 1 aromatic heterocycles. The van der Waals surface area contributed by atoms with Gasteiger partial charge in [0.1, 0.15) is 11.3 Å². The van der Waals surface area contributed by atoms with Crippen LogP contribution in [0.25, 0.3) is 0 Å². The number of hydrogen-bond donors (Lipinski definition) is 2. The fourth-order valence-corrected chi connectivity index (χ4v) is 4.89. The quantitative estimate of drug-likeness (QED) is 0.705. The summed E-state index contributed by atoms with van der Waals surface area (Å²) in [6.45, 7) is 5.37. The second-order valence-corrected chi connectivity index (χ2v) is 8.98. The summed E-state index contributed by atoms with van der Waals surface area (Å²) >= 11 is 0. The highest BCUT2D eigenvalue weighted by atomic mass is 16.5. The Bertz CT molecular complexity index is 760. The maximum atomic E-state index is 12.7. The second kappa shape index (κ2) is 9.32. The number of likely N-dealkylation sites (tertiary alicyclic amines) is 1. The first kappa shape index (κ1) is 21.1. The Morgan fingerprint density at radius 1 is 1.23 bits per heavy atom. The lowest BCUT2D eigenvalue weighted by atomic mass is 10.0. The molecule has 9 heteroatoms. The van der Waals surface area contributed by atoms with Gasteiger partial charge in [0.15, 0.2) is 0 Å². The minimum absolute atomic E-state index is 0.200. The Hall–Kier alpha value is -2.16. The molecule has 0 bridgehead atoms. The van der Waals surface area contributed by atoms with E-state index in [-0.39, 0.29) is 17.5 Å². The molecule has 4 rings (SSSR count). The SMILES string of the molecule is CCCNC(=O)NCc1nnn2c1COC1(CCN(C(=O)CCC3CCCC3)C1)C2. The van der Waals surface area contributed by atoms with Crippen molar-refractivity contribution in [3.63, 3.8) is 0 Å². The molecule has 1 atom stereocenters. The van der Waals surface area contributed by atoms with Gasteiger partial charge in [-0.15, -0.1) is 5.10 Å². The van der Waals surface area contributed by atoms with Gasteiger partial charge in [-0.05, 0) is 25.2 Å². The molecule has 1 unspecified atom stereocenters. The summed E-state index contributed by atoms with van der Waals surface area (Å²) < 4.78 is 8.14. The number of fused-ring (bicyclic) bond motifs is 1. The van der Waals surface area contributed by atoms with Crippen LogP contribution < -0.4 is 10.6 Å². The van der Waals surface area contributed by atoms with Gasteiger partial charge in [0.05, 0.1) is 31.9 Å². The van der Waals surface area contributed by atoms with Crippen LogP contribution in [0.5, 0.6) is 0 Å².